The lowest BCUT2D eigenvalue weighted by molar-refractivity contribution is 0.191. The summed E-state index contributed by atoms with van der Waals surface area (Å²) < 4.78 is 5.41. The predicted octanol–water partition coefficient (Wildman–Crippen LogP) is 0.906. The maximum atomic E-state index is 12.1. The van der Waals surface area contributed by atoms with Crippen molar-refractivity contribution < 1.29 is 14.3 Å². The van der Waals surface area contributed by atoms with Crippen LogP contribution in [0.3, 0.4) is 0 Å². The van der Waals surface area contributed by atoms with Crippen LogP contribution >= 0.6 is 0 Å². The summed E-state index contributed by atoms with van der Waals surface area (Å²) in [7, 11) is 3.91. The highest BCUT2D eigenvalue weighted by molar-refractivity contribution is 5.74. The molecule has 1 aliphatic heterocycles. The molecule has 6 nitrogen and oxygen atoms in total. The van der Waals surface area contributed by atoms with Crippen molar-refractivity contribution in [2.45, 2.75) is 12.5 Å². The Balaban J connectivity index is 1.85. The molecule has 1 aromatic heterocycles. The Hall–Kier alpha value is -1.53. The zero-order valence-corrected chi connectivity index (χ0v) is 12.1. The van der Waals surface area contributed by atoms with Gasteiger partial charge in [0.25, 0.3) is 0 Å². The first-order valence-electron chi connectivity index (χ1n) is 6.95. The fraction of sp³-hybridized carbons (Fsp3) is 0.643. The van der Waals surface area contributed by atoms with Crippen LogP contribution in [0, 0.1) is 5.92 Å². The third-order valence-corrected chi connectivity index (χ3v) is 3.77. The summed E-state index contributed by atoms with van der Waals surface area (Å²) in [6, 6.07) is 3.71. The lowest BCUT2D eigenvalue weighted by Crippen LogP contribution is -2.42. The summed E-state index contributed by atoms with van der Waals surface area (Å²) in [5.74, 6) is 1.06. The van der Waals surface area contributed by atoms with Gasteiger partial charge in [-0.2, -0.15) is 0 Å². The summed E-state index contributed by atoms with van der Waals surface area (Å²) >= 11 is 0. The molecule has 0 aromatic carbocycles. The van der Waals surface area contributed by atoms with E-state index in [4.69, 9.17) is 9.52 Å². The van der Waals surface area contributed by atoms with Crippen LogP contribution in [0.4, 0.5) is 4.79 Å². The number of likely N-dealkylation sites (N-methyl/N-ethyl adjacent to an activating group) is 1. The zero-order valence-electron chi connectivity index (χ0n) is 12.1. The summed E-state index contributed by atoms with van der Waals surface area (Å²) in [5, 5.41) is 12.0. The highest BCUT2D eigenvalue weighted by atomic mass is 16.3. The van der Waals surface area contributed by atoms with E-state index in [2.05, 4.69) is 5.32 Å². The Morgan fingerprint density at radius 1 is 1.65 bits per heavy atom. The third kappa shape index (κ3) is 3.52. The topological polar surface area (TPSA) is 69.0 Å². The Kier molecular flexibility index (Phi) is 5.03. The lowest BCUT2D eigenvalue weighted by atomic mass is 10.1. The number of rotatable bonds is 5. The molecule has 112 valence electrons. The number of hydrogen-bond donors (Lipinski definition) is 2. The smallest absolute Gasteiger partial charge is 0.317 e. The van der Waals surface area contributed by atoms with Gasteiger partial charge in [-0.1, -0.05) is 0 Å². The second-order valence-electron chi connectivity index (χ2n) is 5.46. The molecule has 0 saturated carbocycles. The van der Waals surface area contributed by atoms with Gasteiger partial charge in [-0.3, -0.25) is 4.90 Å². The number of aliphatic hydroxyl groups excluding tert-OH is 1. The summed E-state index contributed by atoms with van der Waals surface area (Å²) in [4.78, 5) is 15.9. The van der Waals surface area contributed by atoms with E-state index in [1.807, 2.05) is 31.1 Å². The molecule has 2 amide bonds. The van der Waals surface area contributed by atoms with E-state index in [1.165, 1.54) is 0 Å². The lowest BCUT2D eigenvalue weighted by Gasteiger charge is -2.24. The van der Waals surface area contributed by atoms with Crippen LogP contribution in [0.1, 0.15) is 18.2 Å². The van der Waals surface area contributed by atoms with Crippen LogP contribution < -0.4 is 5.32 Å². The van der Waals surface area contributed by atoms with Crippen molar-refractivity contribution in [3.05, 3.63) is 24.2 Å². The van der Waals surface area contributed by atoms with Gasteiger partial charge in [-0.15, -0.1) is 0 Å². The van der Waals surface area contributed by atoms with Gasteiger partial charge in [0.15, 0.2) is 0 Å². The van der Waals surface area contributed by atoms with E-state index in [0.29, 0.717) is 19.6 Å². The quantitative estimate of drug-likeness (QED) is 0.841. The molecule has 0 spiro atoms. The number of carbonyl (C=O) groups is 1. The highest BCUT2D eigenvalue weighted by Crippen LogP contribution is 2.18. The first kappa shape index (κ1) is 14.9. The van der Waals surface area contributed by atoms with Gasteiger partial charge in [0.1, 0.15) is 5.76 Å². The largest absolute Gasteiger partial charge is 0.468 e. The number of nitrogens with one attached hydrogen (secondary N) is 1. The Morgan fingerprint density at radius 2 is 2.45 bits per heavy atom. The average Bonchev–Trinajstić information content (AvgIpc) is 3.09. The SMILES string of the molecule is CN(C)C(CNC(=O)N1CCC(CO)C1)c1ccco1. The van der Waals surface area contributed by atoms with Crippen molar-refractivity contribution in [2.75, 3.05) is 40.3 Å². The summed E-state index contributed by atoms with van der Waals surface area (Å²) in [6.45, 7) is 2.00. The van der Waals surface area contributed by atoms with E-state index in [9.17, 15) is 4.79 Å². The molecule has 1 aliphatic rings. The molecule has 1 aromatic rings. The molecule has 1 fully saturated rings. The molecule has 2 N–H and O–H groups in total. The van der Waals surface area contributed by atoms with Gasteiger partial charge in [-0.05, 0) is 32.6 Å². The van der Waals surface area contributed by atoms with Crippen LogP contribution in [-0.4, -0.2) is 61.3 Å². The minimum absolute atomic E-state index is 0.0187. The van der Waals surface area contributed by atoms with Gasteiger partial charge >= 0.3 is 6.03 Å². The second-order valence-corrected chi connectivity index (χ2v) is 5.46. The number of amides is 2. The molecule has 0 aliphatic carbocycles. The van der Waals surface area contributed by atoms with Gasteiger partial charge in [0, 0.05) is 32.2 Å². The van der Waals surface area contributed by atoms with Gasteiger partial charge in [0.2, 0.25) is 0 Å². The number of likely N-dealkylation sites (tertiary alicyclic amines) is 1. The van der Waals surface area contributed by atoms with Gasteiger partial charge in [-0.25, -0.2) is 4.79 Å². The summed E-state index contributed by atoms with van der Waals surface area (Å²) in [5.41, 5.74) is 0. The van der Waals surface area contributed by atoms with Gasteiger partial charge < -0.3 is 19.7 Å². The molecule has 20 heavy (non-hydrogen) atoms. The normalized spacial score (nSPS) is 20.4. The predicted molar refractivity (Wildman–Crippen MR) is 75.3 cm³/mol. The maximum Gasteiger partial charge on any atom is 0.317 e. The van der Waals surface area contributed by atoms with Crippen LogP contribution in [0.5, 0.6) is 0 Å². The van der Waals surface area contributed by atoms with Crippen molar-refractivity contribution in [3.63, 3.8) is 0 Å². The summed E-state index contributed by atoms with van der Waals surface area (Å²) in [6.07, 6.45) is 2.51. The Bertz CT molecular complexity index is 419. The fourth-order valence-corrected chi connectivity index (χ4v) is 2.48. The molecular weight excluding hydrogens is 258 g/mol. The van der Waals surface area contributed by atoms with Crippen LogP contribution in [0.15, 0.2) is 22.8 Å². The standard InChI is InChI=1S/C14H23N3O3/c1-16(2)12(13-4-3-7-20-13)8-15-14(19)17-6-5-11(9-17)10-18/h3-4,7,11-12,18H,5-6,8-10H2,1-2H3,(H,15,19). The molecule has 2 rings (SSSR count). The average molecular weight is 281 g/mol. The van der Waals surface area contributed by atoms with E-state index in [0.717, 1.165) is 12.2 Å². The van der Waals surface area contributed by atoms with Gasteiger partial charge in [0.05, 0.1) is 12.3 Å². The molecule has 2 heterocycles. The van der Waals surface area contributed by atoms with Crippen molar-refractivity contribution in [1.29, 1.82) is 0 Å². The monoisotopic (exact) mass is 281 g/mol. The molecule has 2 atom stereocenters. The second kappa shape index (κ2) is 6.76. The minimum atomic E-state index is -0.0700. The molecule has 6 heteroatoms. The number of urea groups is 1. The van der Waals surface area contributed by atoms with E-state index < -0.39 is 0 Å². The zero-order chi connectivity index (χ0) is 14.5. The van der Waals surface area contributed by atoms with Crippen molar-refractivity contribution in [3.8, 4) is 0 Å². The van der Waals surface area contributed by atoms with Crippen molar-refractivity contribution in [2.24, 2.45) is 5.92 Å². The minimum Gasteiger partial charge on any atom is -0.468 e. The molecular formula is C14H23N3O3. The Morgan fingerprint density at radius 3 is 3.00 bits per heavy atom. The Labute approximate surface area is 119 Å². The number of carbonyl (C=O) groups excluding carboxylic acids is 1. The first-order valence-corrected chi connectivity index (χ1v) is 6.95. The fourth-order valence-electron chi connectivity index (χ4n) is 2.48. The molecule has 0 radical (unpaired) electrons. The van der Waals surface area contributed by atoms with Crippen LogP contribution in [0.25, 0.3) is 0 Å². The molecule has 1 saturated heterocycles. The van der Waals surface area contributed by atoms with Crippen LogP contribution in [-0.2, 0) is 0 Å². The number of hydrogen-bond acceptors (Lipinski definition) is 4. The van der Waals surface area contributed by atoms with Crippen molar-refractivity contribution in [1.82, 2.24) is 15.1 Å². The number of nitrogens with zero attached hydrogens (tertiary/aromatic N) is 2. The van der Waals surface area contributed by atoms with E-state index in [1.54, 1.807) is 11.2 Å². The molecule has 0 bridgehead atoms. The third-order valence-electron chi connectivity index (χ3n) is 3.77. The number of aliphatic hydroxyl groups is 1. The highest BCUT2D eigenvalue weighted by Gasteiger charge is 2.26. The first-order chi connectivity index (χ1) is 9.61. The van der Waals surface area contributed by atoms with E-state index in [-0.39, 0.29) is 24.6 Å². The van der Waals surface area contributed by atoms with E-state index >= 15 is 0 Å². The maximum absolute atomic E-state index is 12.1. The van der Waals surface area contributed by atoms with Crippen LogP contribution in [0.2, 0.25) is 0 Å². The van der Waals surface area contributed by atoms with Crippen molar-refractivity contribution >= 4 is 6.03 Å². The number of furan rings is 1. The molecule has 2 unspecified atom stereocenters.